The van der Waals surface area contributed by atoms with Crippen molar-refractivity contribution in [3.8, 4) is 0 Å². The lowest BCUT2D eigenvalue weighted by atomic mass is 10.0. The highest BCUT2D eigenvalue weighted by Gasteiger charge is 1.95. The Hall–Kier alpha value is 0. The molecular formula is C22H45. The Morgan fingerprint density at radius 1 is 0.364 bits per heavy atom. The molecule has 0 unspecified atom stereocenters. The summed E-state index contributed by atoms with van der Waals surface area (Å²) in [7, 11) is 0. The first kappa shape index (κ1) is 22.0. The maximum absolute atomic E-state index is 2.54. The van der Waals surface area contributed by atoms with Gasteiger partial charge in [0, 0.05) is 0 Å². The molecule has 0 saturated heterocycles. The van der Waals surface area contributed by atoms with Gasteiger partial charge in [0.15, 0.2) is 0 Å². The van der Waals surface area contributed by atoms with Crippen LogP contribution in [0.25, 0.3) is 0 Å². The Morgan fingerprint density at radius 3 is 0.955 bits per heavy atom. The first-order chi connectivity index (χ1) is 10.9. The minimum atomic E-state index is 1.36. The van der Waals surface area contributed by atoms with E-state index >= 15 is 0 Å². The molecule has 22 heavy (non-hydrogen) atoms. The van der Waals surface area contributed by atoms with E-state index in [0.29, 0.717) is 0 Å². The van der Waals surface area contributed by atoms with E-state index < -0.39 is 0 Å². The van der Waals surface area contributed by atoms with Gasteiger partial charge >= 0.3 is 0 Å². The molecule has 0 aromatic carbocycles. The highest BCUT2D eigenvalue weighted by atomic mass is 14.0. The monoisotopic (exact) mass is 309 g/mol. The number of hydrogen-bond donors (Lipinski definition) is 0. The number of hydrogen-bond acceptors (Lipinski definition) is 0. The molecule has 0 aromatic rings. The standard InChI is InChI=1S/C22H45/c1-3-5-7-9-11-13-15-17-19-21-22-20-18-16-14-12-10-8-6-4-2/h15H,3-14,16-22H2,1-2H3. The lowest BCUT2D eigenvalue weighted by Crippen LogP contribution is -1.84. The molecule has 0 fully saturated rings. The van der Waals surface area contributed by atoms with Gasteiger partial charge in [0.25, 0.3) is 0 Å². The van der Waals surface area contributed by atoms with Crippen molar-refractivity contribution in [1.82, 2.24) is 0 Å². The summed E-state index contributed by atoms with van der Waals surface area (Å²) in [5, 5.41) is 0. The highest BCUT2D eigenvalue weighted by molar-refractivity contribution is 4.64. The van der Waals surface area contributed by atoms with Crippen molar-refractivity contribution < 1.29 is 0 Å². The van der Waals surface area contributed by atoms with Crippen LogP contribution in [0.15, 0.2) is 0 Å². The molecule has 0 amide bonds. The fourth-order valence-corrected chi connectivity index (χ4v) is 3.17. The molecule has 0 aliphatic rings. The van der Waals surface area contributed by atoms with Crippen molar-refractivity contribution in [2.75, 3.05) is 0 Å². The summed E-state index contributed by atoms with van der Waals surface area (Å²) in [6.07, 6.45) is 29.9. The van der Waals surface area contributed by atoms with Crippen LogP contribution < -0.4 is 0 Å². The van der Waals surface area contributed by atoms with Gasteiger partial charge in [-0.3, -0.25) is 0 Å². The number of rotatable bonds is 19. The maximum Gasteiger partial charge on any atom is -0.0386 e. The molecule has 0 heteroatoms. The van der Waals surface area contributed by atoms with Crippen LogP contribution in [0.4, 0.5) is 0 Å². The normalized spacial score (nSPS) is 11.2. The van der Waals surface area contributed by atoms with E-state index in [1.54, 1.807) is 0 Å². The highest BCUT2D eigenvalue weighted by Crippen LogP contribution is 2.14. The lowest BCUT2D eigenvalue weighted by molar-refractivity contribution is 0.541. The molecule has 0 saturated carbocycles. The zero-order valence-corrected chi connectivity index (χ0v) is 16.0. The van der Waals surface area contributed by atoms with Crippen LogP contribution in [0.1, 0.15) is 136 Å². The van der Waals surface area contributed by atoms with Crippen LogP contribution in [-0.4, -0.2) is 0 Å². The fraction of sp³-hybridized carbons (Fsp3) is 0.955. The van der Waals surface area contributed by atoms with Gasteiger partial charge in [0.05, 0.1) is 0 Å². The van der Waals surface area contributed by atoms with Gasteiger partial charge in [0.1, 0.15) is 0 Å². The van der Waals surface area contributed by atoms with E-state index in [4.69, 9.17) is 0 Å². The van der Waals surface area contributed by atoms with Crippen molar-refractivity contribution in [3.63, 3.8) is 0 Å². The van der Waals surface area contributed by atoms with Crippen LogP contribution >= 0.6 is 0 Å². The average molecular weight is 310 g/mol. The van der Waals surface area contributed by atoms with Crippen LogP contribution in [-0.2, 0) is 0 Å². The lowest BCUT2D eigenvalue weighted by Gasteiger charge is -2.03. The molecule has 0 atom stereocenters. The SMILES string of the molecule is CCCCCCC[CH]CCCCCCCCCCCCCC. The molecule has 1 radical (unpaired) electrons. The van der Waals surface area contributed by atoms with Gasteiger partial charge in [-0.25, -0.2) is 0 Å². The Balaban J connectivity index is 2.91. The van der Waals surface area contributed by atoms with Gasteiger partial charge in [-0.15, -0.1) is 0 Å². The summed E-state index contributed by atoms with van der Waals surface area (Å²) < 4.78 is 0. The summed E-state index contributed by atoms with van der Waals surface area (Å²) in [5.74, 6) is 0. The average Bonchev–Trinajstić information content (AvgIpc) is 2.54. The van der Waals surface area contributed by atoms with Crippen LogP contribution in [0.5, 0.6) is 0 Å². The molecule has 0 heterocycles. The van der Waals surface area contributed by atoms with Crippen molar-refractivity contribution in [2.24, 2.45) is 0 Å². The smallest absolute Gasteiger partial charge is 0.0386 e. The summed E-state index contributed by atoms with van der Waals surface area (Å²) in [5.41, 5.74) is 0. The zero-order chi connectivity index (χ0) is 16.1. The second kappa shape index (κ2) is 21.0. The van der Waals surface area contributed by atoms with Crippen molar-refractivity contribution in [1.29, 1.82) is 0 Å². The first-order valence-corrected chi connectivity index (χ1v) is 10.7. The quantitative estimate of drug-likeness (QED) is 0.209. The van der Waals surface area contributed by atoms with E-state index in [-0.39, 0.29) is 0 Å². The van der Waals surface area contributed by atoms with Crippen molar-refractivity contribution >= 4 is 0 Å². The third-order valence-corrected chi connectivity index (χ3v) is 4.77. The van der Waals surface area contributed by atoms with Gasteiger partial charge in [-0.2, -0.15) is 0 Å². The van der Waals surface area contributed by atoms with Gasteiger partial charge < -0.3 is 0 Å². The third-order valence-electron chi connectivity index (χ3n) is 4.77. The molecule has 0 rings (SSSR count). The molecule has 0 bridgehead atoms. The van der Waals surface area contributed by atoms with Gasteiger partial charge in [-0.1, -0.05) is 136 Å². The molecule has 0 aliphatic heterocycles. The third kappa shape index (κ3) is 20.0. The van der Waals surface area contributed by atoms with E-state index in [1.165, 1.54) is 122 Å². The van der Waals surface area contributed by atoms with E-state index in [9.17, 15) is 0 Å². The molecular weight excluding hydrogens is 264 g/mol. The zero-order valence-electron chi connectivity index (χ0n) is 16.0. The Bertz CT molecular complexity index is 153. The Morgan fingerprint density at radius 2 is 0.636 bits per heavy atom. The van der Waals surface area contributed by atoms with Gasteiger partial charge in [0.2, 0.25) is 0 Å². The largest absolute Gasteiger partial charge is 0.0654 e. The molecule has 0 aliphatic carbocycles. The van der Waals surface area contributed by atoms with Crippen molar-refractivity contribution in [3.05, 3.63) is 6.42 Å². The molecule has 0 spiro atoms. The summed E-state index contributed by atoms with van der Waals surface area (Å²) in [6.45, 7) is 4.59. The Kier molecular flexibility index (Phi) is 21.0. The second-order valence-electron chi connectivity index (χ2n) is 7.17. The van der Waals surface area contributed by atoms with E-state index in [2.05, 4.69) is 20.3 Å². The fourth-order valence-electron chi connectivity index (χ4n) is 3.17. The van der Waals surface area contributed by atoms with E-state index in [1.807, 2.05) is 0 Å². The van der Waals surface area contributed by atoms with Gasteiger partial charge in [-0.05, 0) is 6.42 Å². The van der Waals surface area contributed by atoms with Crippen LogP contribution in [0.2, 0.25) is 0 Å². The number of unbranched alkanes of at least 4 members (excludes halogenated alkanes) is 19. The predicted octanol–water partition coefficient (Wildman–Crippen LogP) is 8.64. The summed E-state index contributed by atoms with van der Waals surface area (Å²) in [6, 6.07) is 0. The molecule has 0 aromatic heterocycles. The van der Waals surface area contributed by atoms with Crippen LogP contribution in [0, 0.1) is 6.42 Å². The molecule has 0 nitrogen and oxygen atoms in total. The Labute approximate surface area is 142 Å². The first-order valence-electron chi connectivity index (χ1n) is 10.7. The topological polar surface area (TPSA) is 0 Å². The van der Waals surface area contributed by atoms with E-state index in [0.717, 1.165) is 0 Å². The minimum absolute atomic E-state index is 1.36. The van der Waals surface area contributed by atoms with Crippen LogP contribution in [0.3, 0.4) is 0 Å². The molecule has 133 valence electrons. The van der Waals surface area contributed by atoms with Crippen molar-refractivity contribution in [2.45, 2.75) is 136 Å². The maximum atomic E-state index is 2.54. The minimum Gasteiger partial charge on any atom is -0.0654 e. The molecule has 0 N–H and O–H groups in total. The second-order valence-corrected chi connectivity index (χ2v) is 7.17. The summed E-state index contributed by atoms with van der Waals surface area (Å²) >= 11 is 0. The predicted molar refractivity (Wildman–Crippen MR) is 103 cm³/mol. The summed E-state index contributed by atoms with van der Waals surface area (Å²) in [4.78, 5) is 0.